The van der Waals surface area contributed by atoms with Gasteiger partial charge in [0.15, 0.2) is 0 Å². The number of nitrogens with two attached hydrogens (primary N) is 1. The first-order valence-corrected chi connectivity index (χ1v) is 6.17. The maximum absolute atomic E-state index is 5.61. The second kappa shape index (κ2) is 7.20. The van der Waals surface area contributed by atoms with E-state index in [9.17, 15) is 0 Å². The van der Waals surface area contributed by atoms with Crippen LogP contribution < -0.4 is 5.73 Å². The van der Waals surface area contributed by atoms with Crippen molar-refractivity contribution in [1.29, 1.82) is 0 Å². The number of methoxy groups -OCH3 is 1. The standard InChI is InChI=1S/C12H26N2O/c1-11(9-13)3-6-14-7-4-12(5-8-14)10-15-2/h11-12H,3-10,13H2,1-2H3. The quantitative estimate of drug-likeness (QED) is 0.725. The van der Waals surface area contributed by atoms with Gasteiger partial charge in [-0.15, -0.1) is 0 Å². The van der Waals surface area contributed by atoms with Crippen LogP contribution in [-0.4, -0.2) is 44.8 Å². The van der Waals surface area contributed by atoms with Crippen LogP contribution in [-0.2, 0) is 4.74 Å². The van der Waals surface area contributed by atoms with E-state index in [0.717, 1.165) is 19.1 Å². The van der Waals surface area contributed by atoms with Crippen molar-refractivity contribution in [1.82, 2.24) is 4.90 Å². The molecule has 0 aromatic heterocycles. The summed E-state index contributed by atoms with van der Waals surface area (Å²) in [5, 5.41) is 0. The Morgan fingerprint density at radius 2 is 2.07 bits per heavy atom. The second-order valence-electron chi connectivity index (χ2n) is 4.87. The highest BCUT2D eigenvalue weighted by Crippen LogP contribution is 2.17. The van der Waals surface area contributed by atoms with Gasteiger partial charge in [0, 0.05) is 13.7 Å². The lowest BCUT2D eigenvalue weighted by Crippen LogP contribution is -2.36. The lowest BCUT2D eigenvalue weighted by molar-refractivity contribution is 0.0975. The van der Waals surface area contributed by atoms with Crippen molar-refractivity contribution in [3.8, 4) is 0 Å². The number of hydrogen-bond donors (Lipinski definition) is 1. The molecule has 0 radical (unpaired) electrons. The molecule has 0 amide bonds. The molecule has 0 spiro atoms. The predicted molar refractivity (Wildman–Crippen MR) is 63.9 cm³/mol. The fraction of sp³-hybridized carbons (Fsp3) is 1.00. The molecule has 0 saturated carbocycles. The van der Waals surface area contributed by atoms with Crippen molar-refractivity contribution in [2.24, 2.45) is 17.6 Å². The number of piperidine rings is 1. The van der Waals surface area contributed by atoms with Crippen molar-refractivity contribution in [2.75, 3.05) is 39.9 Å². The minimum Gasteiger partial charge on any atom is -0.384 e. The maximum Gasteiger partial charge on any atom is 0.0491 e. The van der Waals surface area contributed by atoms with E-state index in [1.807, 2.05) is 0 Å². The van der Waals surface area contributed by atoms with Gasteiger partial charge in [-0.1, -0.05) is 6.92 Å². The monoisotopic (exact) mass is 214 g/mol. The third kappa shape index (κ3) is 4.96. The summed E-state index contributed by atoms with van der Waals surface area (Å²) >= 11 is 0. The van der Waals surface area contributed by atoms with Crippen LogP contribution >= 0.6 is 0 Å². The Labute approximate surface area is 94.0 Å². The first-order chi connectivity index (χ1) is 7.26. The average molecular weight is 214 g/mol. The summed E-state index contributed by atoms with van der Waals surface area (Å²) < 4.78 is 5.20. The molecule has 1 heterocycles. The lowest BCUT2D eigenvalue weighted by Gasteiger charge is -2.32. The Balaban J connectivity index is 2.09. The molecular formula is C12H26N2O. The SMILES string of the molecule is COCC1CCN(CCC(C)CN)CC1. The van der Waals surface area contributed by atoms with Crippen molar-refractivity contribution >= 4 is 0 Å². The molecule has 1 aliphatic rings. The summed E-state index contributed by atoms with van der Waals surface area (Å²) in [6.07, 6.45) is 3.83. The Morgan fingerprint density at radius 1 is 1.40 bits per heavy atom. The predicted octanol–water partition coefficient (Wildman–Crippen LogP) is 1.33. The number of nitrogens with zero attached hydrogens (tertiary/aromatic N) is 1. The summed E-state index contributed by atoms with van der Waals surface area (Å²) in [4.78, 5) is 2.57. The van der Waals surface area contributed by atoms with Crippen molar-refractivity contribution in [3.05, 3.63) is 0 Å². The van der Waals surface area contributed by atoms with E-state index in [1.165, 1.54) is 38.9 Å². The van der Waals surface area contributed by atoms with Crippen LogP contribution in [0.3, 0.4) is 0 Å². The summed E-state index contributed by atoms with van der Waals surface area (Å²) in [6, 6.07) is 0. The first-order valence-electron chi connectivity index (χ1n) is 6.17. The minimum atomic E-state index is 0.668. The fourth-order valence-corrected chi connectivity index (χ4v) is 2.13. The first kappa shape index (κ1) is 12.9. The molecule has 90 valence electrons. The lowest BCUT2D eigenvalue weighted by atomic mass is 9.97. The van der Waals surface area contributed by atoms with Crippen molar-refractivity contribution < 1.29 is 4.74 Å². The Morgan fingerprint density at radius 3 is 2.60 bits per heavy atom. The van der Waals surface area contributed by atoms with Gasteiger partial charge in [-0.25, -0.2) is 0 Å². The van der Waals surface area contributed by atoms with Gasteiger partial charge < -0.3 is 15.4 Å². The topological polar surface area (TPSA) is 38.5 Å². The summed E-state index contributed by atoms with van der Waals surface area (Å²) in [5.74, 6) is 1.46. The zero-order valence-corrected chi connectivity index (χ0v) is 10.2. The van der Waals surface area contributed by atoms with Crippen molar-refractivity contribution in [2.45, 2.75) is 26.2 Å². The van der Waals surface area contributed by atoms with Crippen LogP contribution in [0.25, 0.3) is 0 Å². The molecule has 1 fully saturated rings. The van der Waals surface area contributed by atoms with Crippen molar-refractivity contribution in [3.63, 3.8) is 0 Å². The normalized spacial score (nSPS) is 21.8. The molecule has 0 aliphatic carbocycles. The third-order valence-corrected chi connectivity index (χ3v) is 3.45. The largest absolute Gasteiger partial charge is 0.384 e. The van der Waals surface area contributed by atoms with Crippen LogP contribution in [0.15, 0.2) is 0 Å². The fourth-order valence-electron chi connectivity index (χ4n) is 2.13. The Bertz CT molecular complexity index is 156. The molecule has 1 atom stereocenters. The molecule has 0 aromatic rings. The molecule has 1 aliphatic heterocycles. The molecule has 2 N–H and O–H groups in total. The van der Waals surface area contributed by atoms with Gasteiger partial charge in [0.1, 0.15) is 0 Å². The average Bonchev–Trinajstić information content (AvgIpc) is 2.28. The molecule has 0 bridgehead atoms. The van der Waals surface area contributed by atoms with E-state index in [0.29, 0.717) is 5.92 Å². The van der Waals surface area contributed by atoms with E-state index in [2.05, 4.69) is 11.8 Å². The summed E-state index contributed by atoms with van der Waals surface area (Å²) in [5.41, 5.74) is 5.61. The van der Waals surface area contributed by atoms with Gasteiger partial charge in [-0.05, 0) is 57.3 Å². The van der Waals surface area contributed by atoms with Crippen LogP contribution in [0.2, 0.25) is 0 Å². The summed E-state index contributed by atoms with van der Waals surface area (Å²) in [7, 11) is 1.80. The second-order valence-corrected chi connectivity index (χ2v) is 4.87. The van der Waals surface area contributed by atoms with Crippen LogP contribution in [0, 0.1) is 11.8 Å². The number of hydrogen-bond acceptors (Lipinski definition) is 3. The molecule has 1 rings (SSSR count). The number of rotatable bonds is 6. The van der Waals surface area contributed by atoms with Crippen LogP contribution in [0.5, 0.6) is 0 Å². The Hall–Kier alpha value is -0.120. The highest BCUT2D eigenvalue weighted by molar-refractivity contribution is 4.72. The highest BCUT2D eigenvalue weighted by Gasteiger charge is 2.18. The van der Waals surface area contributed by atoms with Gasteiger partial charge in [0.05, 0.1) is 0 Å². The maximum atomic E-state index is 5.61. The molecule has 1 saturated heterocycles. The number of ether oxygens (including phenoxy) is 1. The molecule has 15 heavy (non-hydrogen) atoms. The smallest absolute Gasteiger partial charge is 0.0491 e. The van der Waals surface area contributed by atoms with E-state index < -0.39 is 0 Å². The number of likely N-dealkylation sites (tertiary alicyclic amines) is 1. The molecular weight excluding hydrogens is 188 g/mol. The zero-order valence-electron chi connectivity index (χ0n) is 10.2. The van der Waals surface area contributed by atoms with Crippen LogP contribution in [0.1, 0.15) is 26.2 Å². The third-order valence-electron chi connectivity index (χ3n) is 3.45. The molecule has 3 nitrogen and oxygen atoms in total. The van der Waals surface area contributed by atoms with E-state index in [1.54, 1.807) is 7.11 Å². The Kier molecular flexibility index (Phi) is 6.22. The molecule has 3 heteroatoms. The van der Waals surface area contributed by atoms with Gasteiger partial charge >= 0.3 is 0 Å². The molecule has 1 unspecified atom stereocenters. The van der Waals surface area contributed by atoms with E-state index >= 15 is 0 Å². The van der Waals surface area contributed by atoms with Gasteiger partial charge in [-0.2, -0.15) is 0 Å². The molecule has 0 aromatic carbocycles. The van der Waals surface area contributed by atoms with E-state index in [4.69, 9.17) is 10.5 Å². The van der Waals surface area contributed by atoms with E-state index in [-0.39, 0.29) is 0 Å². The summed E-state index contributed by atoms with van der Waals surface area (Å²) in [6.45, 7) is 7.69. The zero-order chi connectivity index (χ0) is 11.1. The van der Waals surface area contributed by atoms with Crippen LogP contribution in [0.4, 0.5) is 0 Å². The highest BCUT2D eigenvalue weighted by atomic mass is 16.5. The minimum absolute atomic E-state index is 0.668. The van der Waals surface area contributed by atoms with Gasteiger partial charge in [-0.3, -0.25) is 0 Å². The van der Waals surface area contributed by atoms with Gasteiger partial charge in [0.2, 0.25) is 0 Å². The van der Waals surface area contributed by atoms with Gasteiger partial charge in [0.25, 0.3) is 0 Å².